The molecule has 4 aliphatic heterocycles. The average Bonchev–Trinajstić information content (AvgIpc) is 2.54. The van der Waals surface area contributed by atoms with Gasteiger partial charge in [-0.2, -0.15) is 0 Å². The molecular weight excluding hydrogens is 270 g/mol. The van der Waals surface area contributed by atoms with Crippen molar-refractivity contribution >= 4 is 11.9 Å². The van der Waals surface area contributed by atoms with Gasteiger partial charge < -0.3 is 20.2 Å². The molecule has 0 radical (unpaired) electrons. The predicted molar refractivity (Wildman–Crippen MR) is 77.9 cm³/mol. The lowest BCUT2D eigenvalue weighted by molar-refractivity contribution is -0.145. The third-order valence-corrected chi connectivity index (χ3v) is 5.37. The van der Waals surface area contributed by atoms with Gasteiger partial charge in [0.25, 0.3) is 0 Å². The number of carboxylic acids is 1. The van der Waals surface area contributed by atoms with Crippen LogP contribution in [0.15, 0.2) is 0 Å². The number of aliphatic carboxylic acids is 1. The van der Waals surface area contributed by atoms with Crippen LogP contribution in [-0.2, 0) is 9.59 Å². The van der Waals surface area contributed by atoms with Crippen LogP contribution in [0.1, 0.15) is 25.7 Å². The zero-order chi connectivity index (χ0) is 14.8. The summed E-state index contributed by atoms with van der Waals surface area (Å²) in [5.74, 6) is -0.160. The van der Waals surface area contributed by atoms with Gasteiger partial charge in [-0.15, -0.1) is 0 Å². The van der Waals surface area contributed by atoms with Crippen LogP contribution in [0, 0.1) is 11.8 Å². The van der Waals surface area contributed by atoms with Crippen LogP contribution >= 0.6 is 0 Å². The van der Waals surface area contributed by atoms with E-state index in [9.17, 15) is 9.59 Å². The number of likely N-dealkylation sites (tertiary alicyclic amines) is 1. The van der Waals surface area contributed by atoms with Crippen molar-refractivity contribution in [3.8, 4) is 0 Å². The quantitative estimate of drug-likeness (QED) is 0.763. The molecule has 0 aromatic heterocycles. The van der Waals surface area contributed by atoms with E-state index in [1.165, 1.54) is 25.9 Å². The van der Waals surface area contributed by atoms with Gasteiger partial charge in [0.15, 0.2) is 0 Å². The number of hydrogen-bond acceptors (Lipinski definition) is 4. The lowest BCUT2D eigenvalue weighted by Crippen LogP contribution is -2.57. The van der Waals surface area contributed by atoms with Gasteiger partial charge in [0.1, 0.15) is 0 Å². The topological polar surface area (TPSA) is 72.9 Å². The number of carboxylic acid groups (broad SMARTS) is 1. The van der Waals surface area contributed by atoms with Crippen molar-refractivity contribution in [2.45, 2.75) is 31.7 Å². The smallest absolute Gasteiger partial charge is 0.306 e. The molecule has 1 unspecified atom stereocenters. The number of nitrogens with one attached hydrogen (secondary N) is 1. The van der Waals surface area contributed by atoms with Gasteiger partial charge in [0, 0.05) is 25.7 Å². The minimum Gasteiger partial charge on any atom is -0.481 e. The van der Waals surface area contributed by atoms with E-state index < -0.39 is 5.97 Å². The van der Waals surface area contributed by atoms with Gasteiger partial charge in [-0.1, -0.05) is 0 Å². The van der Waals surface area contributed by atoms with Gasteiger partial charge in [0.05, 0.1) is 12.5 Å². The highest BCUT2D eigenvalue weighted by Gasteiger charge is 2.34. The second-order valence-electron chi connectivity index (χ2n) is 6.62. The van der Waals surface area contributed by atoms with Gasteiger partial charge in [-0.05, 0) is 44.7 Å². The fourth-order valence-electron chi connectivity index (χ4n) is 3.90. The molecule has 2 bridgehead atoms. The number of piperidine rings is 4. The van der Waals surface area contributed by atoms with Crippen LogP contribution in [0.3, 0.4) is 0 Å². The molecule has 0 spiro atoms. The summed E-state index contributed by atoms with van der Waals surface area (Å²) in [6.45, 7) is 5.04. The Kier molecular flexibility index (Phi) is 4.45. The van der Waals surface area contributed by atoms with E-state index in [4.69, 9.17) is 5.11 Å². The Bertz CT molecular complexity index is 399. The molecular formula is C15H25N3O3. The summed E-state index contributed by atoms with van der Waals surface area (Å²) in [4.78, 5) is 27.4. The van der Waals surface area contributed by atoms with E-state index in [-0.39, 0.29) is 11.8 Å². The van der Waals surface area contributed by atoms with Crippen molar-refractivity contribution in [1.29, 1.82) is 0 Å². The van der Waals surface area contributed by atoms with E-state index in [1.807, 2.05) is 4.90 Å². The van der Waals surface area contributed by atoms with Crippen molar-refractivity contribution in [3.63, 3.8) is 0 Å². The van der Waals surface area contributed by atoms with Crippen molar-refractivity contribution in [2.75, 3.05) is 39.3 Å². The van der Waals surface area contributed by atoms with Crippen LogP contribution in [-0.4, -0.2) is 72.1 Å². The standard InChI is InChI=1S/C15H25N3O3/c19-14(18-7-3-12(4-8-18)15(20)21)9-16-13-10-17-5-1-11(13)2-6-17/h11-13,16H,1-10H2,(H,20,21). The molecule has 6 heteroatoms. The Morgan fingerprint density at radius 1 is 1.05 bits per heavy atom. The maximum atomic E-state index is 12.2. The molecule has 1 amide bonds. The summed E-state index contributed by atoms with van der Waals surface area (Å²) in [5, 5.41) is 12.4. The largest absolute Gasteiger partial charge is 0.481 e. The molecule has 4 saturated heterocycles. The van der Waals surface area contributed by atoms with E-state index in [1.54, 1.807) is 0 Å². The lowest BCUT2D eigenvalue weighted by Gasteiger charge is -2.45. The Hall–Kier alpha value is -1.14. The Balaban J connectivity index is 1.42. The number of hydrogen-bond donors (Lipinski definition) is 2. The molecule has 21 heavy (non-hydrogen) atoms. The molecule has 6 nitrogen and oxygen atoms in total. The summed E-state index contributed by atoms with van der Waals surface area (Å²) in [7, 11) is 0. The first-order valence-corrected chi connectivity index (χ1v) is 8.10. The van der Waals surface area contributed by atoms with Crippen molar-refractivity contribution < 1.29 is 14.7 Å². The number of carbonyl (C=O) groups excluding carboxylic acids is 1. The summed E-state index contributed by atoms with van der Waals surface area (Å²) in [5.41, 5.74) is 0. The monoisotopic (exact) mass is 295 g/mol. The van der Waals surface area contributed by atoms with Crippen LogP contribution in [0.4, 0.5) is 0 Å². The first-order chi connectivity index (χ1) is 10.1. The maximum Gasteiger partial charge on any atom is 0.306 e. The summed E-state index contributed by atoms with van der Waals surface area (Å²) < 4.78 is 0. The molecule has 1 atom stereocenters. The molecule has 118 valence electrons. The van der Waals surface area contributed by atoms with E-state index in [0.29, 0.717) is 38.5 Å². The number of nitrogens with zero attached hydrogens (tertiary/aromatic N) is 2. The van der Waals surface area contributed by atoms with Crippen molar-refractivity contribution in [3.05, 3.63) is 0 Å². The highest BCUT2D eigenvalue weighted by atomic mass is 16.4. The number of rotatable bonds is 4. The van der Waals surface area contributed by atoms with Crippen molar-refractivity contribution in [2.24, 2.45) is 11.8 Å². The fraction of sp³-hybridized carbons (Fsp3) is 0.867. The third kappa shape index (κ3) is 3.37. The molecule has 0 saturated carbocycles. The molecule has 4 fully saturated rings. The summed E-state index contributed by atoms with van der Waals surface area (Å²) in [6.07, 6.45) is 3.66. The van der Waals surface area contributed by atoms with Gasteiger partial charge in [0.2, 0.25) is 5.91 Å². The molecule has 2 N–H and O–H groups in total. The highest BCUT2D eigenvalue weighted by molar-refractivity contribution is 5.79. The lowest BCUT2D eigenvalue weighted by atomic mass is 9.84. The molecule has 4 aliphatic rings. The minimum absolute atomic E-state index is 0.121. The molecule has 4 rings (SSSR count). The fourth-order valence-corrected chi connectivity index (χ4v) is 3.90. The Morgan fingerprint density at radius 3 is 2.24 bits per heavy atom. The Morgan fingerprint density at radius 2 is 1.71 bits per heavy atom. The Labute approximate surface area is 125 Å². The number of fused-ring (bicyclic) bond motifs is 3. The molecule has 0 aliphatic carbocycles. The van der Waals surface area contributed by atoms with E-state index in [2.05, 4.69) is 10.2 Å². The first-order valence-electron chi connectivity index (χ1n) is 8.10. The second kappa shape index (κ2) is 6.32. The number of amides is 1. The predicted octanol–water partition coefficient (Wildman–Crippen LogP) is -0.00660. The van der Waals surface area contributed by atoms with E-state index >= 15 is 0 Å². The number of carbonyl (C=O) groups is 2. The molecule has 0 aromatic rings. The van der Waals surface area contributed by atoms with Crippen LogP contribution < -0.4 is 5.32 Å². The molecule has 0 aromatic carbocycles. The zero-order valence-electron chi connectivity index (χ0n) is 12.5. The van der Waals surface area contributed by atoms with Crippen LogP contribution in [0.5, 0.6) is 0 Å². The third-order valence-electron chi connectivity index (χ3n) is 5.37. The highest BCUT2D eigenvalue weighted by Crippen LogP contribution is 2.27. The average molecular weight is 295 g/mol. The second-order valence-corrected chi connectivity index (χ2v) is 6.62. The maximum absolute atomic E-state index is 12.2. The zero-order valence-corrected chi connectivity index (χ0v) is 12.5. The summed E-state index contributed by atoms with van der Waals surface area (Å²) >= 11 is 0. The van der Waals surface area contributed by atoms with Crippen LogP contribution in [0.2, 0.25) is 0 Å². The normalized spacial score (nSPS) is 33.1. The SMILES string of the molecule is O=C(O)C1CCN(C(=O)CNC2CN3CCC2CC3)CC1. The van der Waals surface area contributed by atoms with Crippen LogP contribution in [0.25, 0.3) is 0 Å². The van der Waals surface area contributed by atoms with Gasteiger partial charge in [-0.3, -0.25) is 9.59 Å². The van der Waals surface area contributed by atoms with Crippen molar-refractivity contribution in [1.82, 2.24) is 15.1 Å². The first kappa shape index (κ1) is 14.8. The van der Waals surface area contributed by atoms with Gasteiger partial charge in [-0.25, -0.2) is 0 Å². The minimum atomic E-state index is -0.729. The summed E-state index contributed by atoms with van der Waals surface area (Å²) in [6, 6.07) is 0.452. The molecule has 4 heterocycles. The van der Waals surface area contributed by atoms with Gasteiger partial charge >= 0.3 is 5.97 Å². The van der Waals surface area contributed by atoms with E-state index in [0.717, 1.165) is 12.5 Å².